The molecular weight excluding hydrogens is 327 g/mol. The van der Waals surface area contributed by atoms with Crippen LogP contribution < -0.4 is 5.32 Å². The van der Waals surface area contributed by atoms with E-state index in [1.54, 1.807) is 0 Å². The molecule has 0 aromatic heterocycles. The maximum atomic E-state index is 11.5. The first-order valence-corrected chi connectivity index (χ1v) is 7.42. The van der Waals surface area contributed by atoms with Crippen molar-refractivity contribution in [2.75, 3.05) is 19.5 Å². The average molecular weight is 350 g/mol. The number of rotatable bonds is 4. The highest BCUT2D eigenvalue weighted by Crippen LogP contribution is 2.26. The molecule has 1 saturated heterocycles. The normalized spacial score (nSPS) is 20.1. The van der Waals surface area contributed by atoms with Gasteiger partial charge in [0.25, 0.3) is 0 Å². The van der Waals surface area contributed by atoms with Crippen molar-refractivity contribution >= 4 is 23.5 Å². The summed E-state index contributed by atoms with van der Waals surface area (Å²) in [5.74, 6) is -2.30. The maximum Gasteiger partial charge on any atom is 0.490 e. The topological polar surface area (TPSA) is 75.6 Å². The van der Waals surface area contributed by atoms with E-state index < -0.39 is 17.7 Å². The lowest BCUT2D eigenvalue weighted by Crippen LogP contribution is -2.48. The van der Waals surface area contributed by atoms with Crippen LogP contribution in [-0.2, 0) is 14.3 Å². The number of carbonyl (C=O) groups excluding carboxylic acids is 1. The van der Waals surface area contributed by atoms with Gasteiger partial charge in [-0.3, -0.25) is 4.79 Å². The van der Waals surface area contributed by atoms with E-state index in [0.717, 1.165) is 32.2 Å². The van der Waals surface area contributed by atoms with Crippen molar-refractivity contribution in [3.8, 4) is 0 Å². The molecule has 0 saturated carbocycles. The number of ether oxygens (including phenoxy) is 1. The van der Waals surface area contributed by atoms with Crippen LogP contribution in [0.3, 0.4) is 0 Å². The molecule has 0 radical (unpaired) electrons. The van der Waals surface area contributed by atoms with Crippen molar-refractivity contribution in [3.05, 3.63) is 0 Å². The molecule has 0 spiro atoms. The van der Waals surface area contributed by atoms with Crippen LogP contribution in [-0.4, -0.2) is 48.3 Å². The molecule has 1 fully saturated rings. The van der Waals surface area contributed by atoms with Crippen LogP contribution in [0.2, 0.25) is 0 Å². The third kappa shape index (κ3) is 8.43. The number of carboxylic acids is 1. The van der Waals surface area contributed by atoms with Crippen molar-refractivity contribution in [2.24, 2.45) is 0 Å². The molecule has 1 heterocycles. The van der Waals surface area contributed by atoms with Gasteiger partial charge in [-0.15, -0.1) is 11.6 Å². The molecule has 0 bridgehead atoms. The summed E-state index contributed by atoms with van der Waals surface area (Å²) in [7, 11) is 1.44. The summed E-state index contributed by atoms with van der Waals surface area (Å²) in [5, 5.41) is 10.3. The Morgan fingerprint density at radius 2 is 1.86 bits per heavy atom. The molecule has 0 amide bonds. The highest BCUT2D eigenvalue weighted by atomic mass is 35.5. The number of carbonyl (C=O) groups is 2. The Hall–Kier alpha value is -1.02. The Kier molecular flexibility index (Phi) is 12.2. The van der Waals surface area contributed by atoms with E-state index in [0.29, 0.717) is 5.88 Å². The molecule has 0 aromatic carbocycles. The average Bonchev–Trinajstić information content (AvgIpc) is 2.96. The van der Waals surface area contributed by atoms with Gasteiger partial charge in [0, 0.05) is 5.88 Å². The van der Waals surface area contributed by atoms with Crippen LogP contribution >= 0.6 is 11.6 Å². The highest BCUT2D eigenvalue weighted by molar-refractivity contribution is 6.17. The fourth-order valence-electron chi connectivity index (χ4n) is 1.86. The van der Waals surface area contributed by atoms with Crippen LogP contribution in [0.15, 0.2) is 0 Å². The number of aliphatic carboxylic acids is 1. The van der Waals surface area contributed by atoms with E-state index >= 15 is 0 Å². The van der Waals surface area contributed by atoms with Crippen LogP contribution in [0.4, 0.5) is 13.2 Å². The molecule has 22 heavy (non-hydrogen) atoms. The van der Waals surface area contributed by atoms with E-state index in [4.69, 9.17) is 26.2 Å². The van der Waals surface area contributed by atoms with Gasteiger partial charge in [-0.25, -0.2) is 4.79 Å². The van der Waals surface area contributed by atoms with Crippen molar-refractivity contribution in [2.45, 2.75) is 51.2 Å². The largest absolute Gasteiger partial charge is 0.490 e. The van der Waals surface area contributed by atoms with Crippen LogP contribution in [0.5, 0.6) is 0 Å². The minimum atomic E-state index is -5.08. The Morgan fingerprint density at radius 3 is 2.14 bits per heavy atom. The SMILES string of the molecule is CC.COC(=O)C1(CCCCl)CCCN1.O=C(O)C(F)(F)F. The number of hydrogen-bond acceptors (Lipinski definition) is 4. The number of esters is 1. The zero-order chi connectivity index (χ0) is 17.8. The summed E-state index contributed by atoms with van der Waals surface area (Å²) in [6, 6.07) is 0. The van der Waals surface area contributed by atoms with Crippen molar-refractivity contribution < 1.29 is 32.6 Å². The smallest absolute Gasteiger partial charge is 0.475 e. The number of nitrogens with one attached hydrogen (secondary N) is 1. The van der Waals surface area contributed by atoms with Gasteiger partial charge in [0.05, 0.1) is 7.11 Å². The Bertz CT molecular complexity index is 332. The first-order valence-electron chi connectivity index (χ1n) is 6.89. The number of hydrogen-bond donors (Lipinski definition) is 2. The maximum absolute atomic E-state index is 11.5. The number of methoxy groups -OCH3 is 1. The molecule has 0 aliphatic carbocycles. The Morgan fingerprint density at radius 1 is 1.36 bits per heavy atom. The molecule has 1 atom stereocenters. The molecule has 1 rings (SSSR count). The monoisotopic (exact) mass is 349 g/mol. The zero-order valence-electron chi connectivity index (χ0n) is 12.9. The lowest BCUT2D eigenvalue weighted by atomic mass is 9.92. The van der Waals surface area contributed by atoms with Crippen molar-refractivity contribution in [1.82, 2.24) is 5.32 Å². The van der Waals surface area contributed by atoms with Crippen molar-refractivity contribution in [3.63, 3.8) is 0 Å². The zero-order valence-corrected chi connectivity index (χ0v) is 13.7. The van der Waals surface area contributed by atoms with Gasteiger partial charge in [0.1, 0.15) is 5.54 Å². The summed E-state index contributed by atoms with van der Waals surface area (Å²) in [5.41, 5.74) is -0.441. The minimum absolute atomic E-state index is 0.143. The fourth-order valence-corrected chi connectivity index (χ4v) is 1.99. The molecule has 1 aliphatic rings. The minimum Gasteiger partial charge on any atom is -0.475 e. The predicted molar refractivity (Wildman–Crippen MR) is 77.0 cm³/mol. The standard InChI is InChI=1S/C9H16ClNO2.C2HF3O2.C2H6/c1-13-8(12)9(4-2-6-10)5-3-7-11-9;3-2(4,5)1(6)7;1-2/h11H,2-7H2,1H3;(H,6,7);1-2H3. The Labute approximate surface area is 133 Å². The second kappa shape index (κ2) is 11.5. The van der Waals surface area contributed by atoms with E-state index in [9.17, 15) is 18.0 Å². The summed E-state index contributed by atoms with van der Waals surface area (Å²) in [4.78, 5) is 20.4. The lowest BCUT2D eigenvalue weighted by Gasteiger charge is -2.25. The second-order valence-corrected chi connectivity index (χ2v) is 4.58. The van der Waals surface area contributed by atoms with Crippen molar-refractivity contribution in [1.29, 1.82) is 0 Å². The molecule has 132 valence electrons. The lowest BCUT2D eigenvalue weighted by molar-refractivity contribution is -0.192. The molecule has 1 aliphatic heterocycles. The van der Waals surface area contributed by atoms with Gasteiger partial charge in [-0.05, 0) is 32.2 Å². The van der Waals surface area contributed by atoms with Gasteiger partial charge in [0.15, 0.2) is 0 Å². The second-order valence-electron chi connectivity index (χ2n) is 4.20. The van der Waals surface area contributed by atoms with Crippen LogP contribution in [0.1, 0.15) is 39.5 Å². The van der Waals surface area contributed by atoms with E-state index in [1.165, 1.54) is 7.11 Å². The molecule has 1 unspecified atom stereocenters. The van der Waals surface area contributed by atoms with Gasteiger partial charge in [-0.2, -0.15) is 13.2 Å². The summed E-state index contributed by atoms with van der Waals surface area (Å²) in [6.45, 7) is 4.90. The summed E-state index contributed by atoms with van der Waals surface area (Å²) >= 11 is 5.61. The van der Waals surface area contributed by atoms with Gasteiger partial charge >= 0.3 is 18.1 Å². The number of carboxylic acid groups (broad SMARTS) is 1. The van der Waals surface area contributed by atoms with E-state index in [-0.39, 0.29) is 5.97 Å². The quantitative estimate of drug-likeness (QED) is 0.603. The molecular formula is C13H23ClF3NO4. The highest BCUT2D eigenvalue weighted by Gasteiger charge is 2.41. The van der Waals surface area contributed by atoms with Gasteiger partial charge in [-0.1, -0.05) is 13.8 Å². The summed E-state index contributed by atoms with van der Waals surface area (Å²) < 4.78 is 36.5. The summed E-state index contributed by atoms with van der Waals surface area (Å²) in [6.07, 6.45) is -1.54. The molecule has 2 N–H and O–H groups in total. The van der Waals surface area contributed by atoms with E-state index in [1.807, 2.05) is 13.8 Å². The first kappa shape index (κ1) is 23.2. The fraction of sp³-hybridized carbons (Fsp3) is 0.846. The van der Waals surface area contributed by atoms with Crippen LogP contribution in [0.25, 0.3) is 0 Å². The number of alkyl halides is 4. The van der Waals surface area contributed by atoms with Crippen LogP contribution in [0, 0.1) is 0 Å². The van der Waals surface area contributed by atoms with Gasteiger partial charge < -0.3 is 15.2 Å². The first-order chi connectivity index (χ1) is 10.2. The third-order valence-corrected chi connectivity index (χ3v) is 3.07. The molecule has 0 aromatic rings. The molecule has 5 nitrogen and oxygen atoms in total. The molecule has 9 heteroatoms. The third-order valence-electron chi connectivity index (χ3n) is 2.80. The van der Waals surface area contributed by atoms with E-state index in [2.05, 4.69) is 5.32 Å². The number of halogens is 4. The predicted octanol–water partition coefficient (Wildman–Crippen LogP) is 2.96. The van der Waals surface area contributed by atoms with Gasteiger partial charge in [0.2, 0.25) is 0 Å². The Balaban J connectivity index is 0.